The molecule has 1 aliphatic heterocycles. The molecular weight excluding hydrogens is 695 g/mol. The summed E-state index contributed by atoms with van der Waals surface area (Å²) in [5.41, 5.74) is 1.27. The smallest absolute Gasteiger partial charge is 0.350 e. The van der Waals surface area contributed by atoms with Crippen LogP contribution in [0.15, 0.2) is 107 Å². The van der Waals surface area contributed by atoms with E-state index in [1.807, 2.05) is 0 Å². The van der Waals surface area contributed by atoms with Crippen molar-refractivity contribution in [2.24, 2.45) is 11.6 Å². The van der Waals surface area contributed by atoms with Crippen molar-refractivity contribution in [2.45, 2.75) is 12.9 Å². The van der Waals surface area contributed by atoms with Crippen LogP contribution in [0.25, 0.3) is 11.3 Å². The van der Waals surface area contributed by atoms with Gasteiger partial charge in [-0.2, -0.15) is 5.10 Å². The molecular formula is C31H37Cl3N12O3. The van der Waals surface area contributed by atoms with E-state index in [4.69, 9.17) is 64.3 Å². The number of rotatable bonds is 5. The van der Waals surface area contributed by atoms with Crippen LogP contribution in [-0.2, 0) is 6.50 Å². The van der Waals surface area contributed by atoms with E-state index in [2.05, 4.69) is 31.9 Å². The Morgan fingerprint density at radius 2 is 1.61 bits per heavy atom. The molecule has 6 N–H and O–H groups in total. The topological polar surface area (TPSA) is 190 Å². The molecule has 7 rings (SSSR count). The first-order valence-corrected chi connectivity index (χ1v) is 12.8. The van der Waals surface area contributed by atoms with Gasteiger partial charge >= 0.3 is 17.4 Å². The van der Waals surface area contributed by atoms with Crippen molar-refractivity contribution in [3.8, 4) is 0 Å². The van der Waals surface area contributed by atoms with Crippen molar-refractivity contribution in [3.05, 3.63) is 128 Å². The Morgan fingerprint density at radius 1 is 0.939 bits per heavy atom. The predicted molar refractivity (Wildman–Crippen MR) is 193 cm³/mol. The number of piperazine rings is 1. The monoisotopic (exact) mass is 760 g/mol. The van der Waals surface area contributed by atoms with Crippen LogP contribution in [-0.4, -0.2) is 77.2 Å². The summed E-state index contributed by atoms with van der Waals surface area (Å²) in [6, 6.07) is -10.3. The maximum atomic E-state index is 13.2. The van der Waals surface area contributed by atoms with E-state index < -0.39 is 160 Å². The minimum Gasteiger partial charge on any atom is -0.369 e. The Hall–Kier alpha value is -4.93. The minimum absolute atomic E-state index is 0. The summed E-state index contributed by atoms with van der Waals surface area (Å²) >= 11 is 11.2. The Kier molecular flexibility index (Phi) is 5.70. The number of carbonyl (C=O) groups is 1. The number of H-pyrrole nitrogens is 1. The first-order valence-electron chi connectivity index (χ1n) is 27.0. The van der Waals surface area contributed by atoms with Crippen LogP contribution >= 0.6 is 35.6 Å². The van der Waals surface area contributed by atoms with Crippen LogP contribution in [0.2, 0.25) is 10.2 Å². The molecule has 1 saturated heterocycles. The number of nitrogens with two attached hydrogens (primary N) is 2. The SMILES string of the molecule is Cl.NNC(N)=O.[2H]c1c([2H])c(Cl)c([2H])c(N2C([2H])([2H])C([2H])([2H])N(C([2H])([2H])C([2H])([2H])C([2H])([2H])n3nc4c([2H])c([2H])c([2H])c([2H])n4c3=O)C([2H])([2H])C2([2H])[2H])c1[2H].[2H]c1c([2H])c([2H])n2c(=O)[nH]nc2c1[2H].[2H]c1nc(Cl)c([2H])c([2H])c1[2H]. The van der Waals surface area contributed by atoms with E-state index in [1.165, 1.54) is 0 Å². The normalized spacial score (nSPS) is 26.1. The fraction of sp³-hybridized carbons (Fsp3) is 0.226. The van der Waals surface area contributed by atoms with Gasteiger partial charge in [0.05, 0.1) is 30.2 Å². The standard InChI is InChI=1S/C19H22ClN5O.C6H5N3O.C5H4ClN.CH5N3O.ClH/c20-16-5-3-6-17(15-16)23-13-11-22(12-14-23)8-4-10-25-19(26)24-9-2-1-7-18(24)21-25;10-6-8-7-5-3-1-2-4-9(5)6;6-5-3-1-2-4-7-5;2-1(5)4-3;/h1-3,5-7,9,15H,4,8,10-14H2;1-4H,(H,8,10);1-4H;3H2,(H3,2,4,5);1H/i1D,2D,3D,4D2,5D,6D,7D,8D2,9D,10D2,11D2,12D2,13D2,14D2,15D;2*1D,2D,3D,4D;;. The number of benzene rings is 1. The number of hydrogen-bond acceptors (Lipinski definition) is 9. The second-order valence-electron chi connectivity index (χ2n) is 7.54. The third-order valence-corrected chi connectivity index (χ3v) is 4.89. The number of nitrogens with one attached hydrogen (secondary N) is 2. The molecule has 0 atom stereocenters. The van der Waals surface area contributed by atoms with Gasteiger partial charge < -0.3 is 10.6 Å². The molecule has 2 amide bonds. The maximum Gasteiger partial charge on any atom is 0.350 e. The molecule has 260 valence electrons. The lowest BCUT2D eigenvalue weighted by atomic mass is 10.2. The second-order valence-corrected chi connectivity index (χ2v) is 8.28. The van der Waals surface area contributed by atoms with Gasteiger partial charge in [-0.25, -0.2) is 35.0 Å². The number of nitrogens with zero attached hydrogens (tertiary/aromatic N) is 8. The van der Waals surface area contributed by atoms with Crippen LogP contribution in [0.5, 0.6) is 0 Å². The molecule has 0 unspecified atom stereocenters. The molecule has 5 aromatic heterocycles. The van der Waals surface area contributed by atoms with E-state index in [9.17, 15) is 14.4 Å². The molecule has 6 heterocycles. The first kappa shape index (κ1) is 14.1. The molecule has 49 heavy (non-hydrogen) atoms. The quantitative estimate of drug-likeness (QED) is 0.0886. The molecule has 6 aromatic rings. The Balaban J connectivity index is 0.000000424. The molecule has 1 aromatic carbocycles. The van der Waals surface area contributed by atoms with Crippen molar-refractivity contribution in [2.75, 3.05) is 37.4 Å². The van der Waals surface area contributed by atoms with E-state index in [0.29, 0.717) is 0 Å². The van der Waals surface area contributed by atoms with Gasteiger partial charge in [-0.05, 0) is 60.8 Å². The number of pyridine rings is 3. The number of anilines is 1. The number of carbonyl (C=O) groups excluding carboxylic acids is 1. The largest absolute Gasteiger partial charge is 0.369 e. The molecule has 0 spiro atoms. The highest BCUT2D eigenvalue weighted by atomic mass is 35.5. The van der Waals surface area contributed by atoms with Gasteiger partial charge in [-0.1, -0.05) is 47.4 Å². The van der Waals surface area contributed by atoms with E-state index >= 15 is 0 Å². The Labute approximate surface area is 339 Å². The van der Waals surface area contributed by atoms with Crippen molar-refractivity contribution in [3.63, 3.8) is 0 Å². The summed E-state index contributed by atoms with van der Waals surface area (Å²) in [6.45, 7) is -25.6. The van der Waals surface area contributed by atoms with Gasteiger partial charge in [-0.3, -0.25) is 19.1 Å². The van der Waals surface area contributed by atoms with Crippen molar-refractivity contribution < 1.29 is 45.9 Å². The number of fused-ring (bicyclic) bond motifs is 2. The van der Waals surface area contributed by atoms with Crippen LogP contribution < -0.4 is 33.3 Å². The molecule has 18 heteroatoms. The Bertz CT molecular complexity index is 3440. The van der Waals surface area contributed by atoms with Crippen molar-refractivity contribution >= 4 is 58.6 Å². The van der Waals surface area contributed by atoms with Gasteiger partial charge in [0, 0.05) is 79.2 Å². The summed E-state index contributed by atoms with van der Waals surface area (Å²) in [4.78, 5) is 35.7. The van der Waals surface area contributed by atoms with Gasteiger partial charge in [-0.15, -0.1) is 17.5 Å². The number of aryl methyl sites for hydroxylation is 1. The zero-order valence-corrected chi connectivity index (χ0v) is 25.9. The number of amides is 2. The number of halogens is 3. The lowest BCUT2D eigenvalue weighted by Crippen LogP contribution is -2.46. The highest BCUT2D eigenvalue weighted by molar-refractivity contribution is 6.30. The number of primary amides is 1. The summed E-state index contributed by atoms with van der Waals surface area (Å²) in [6.07, 6.45) is -6.33. The highest BCUT2D eigenvalue weighted by Gasteiger charge is 2.17. The first-order chi connectivity index (χ1) is 35.2. The number of hydrazine groups is 1. The number of aromatic nitrogens is 7. The van der Waals surface area contributed by atoms with Gasteiger partial charge in [0.2, 0.25) is 0 Å². The highest BCUT2D eigenvalue weighted by Crippen LogP contribution is 2.20. The van der Waals surface area contributed by atoms with Gasteiger partial charge in [0.25, 0.3) is 0 Å². The molecule has 0 aliphatic carbocycles. The van der Waals surface area contributed by atoms with Crippen molar-refractivity contribution in [1.82, 2.24) is 44.1 Å². The van der Waals surface area contributed by atoms with Crippen LogP contribution in [0, 0.1) is 0 Å². The molecule has 0 radical (unpaired) electrons. The lowest BCUT2D eigenvalue weighted by molar-refractivity contribution is 0.248. The summed E-state index contributed by atoms with van der Waals surface area (Å²) in [5, 5.41) is 7.85. The van der Waals surface area contributed by atoms with Crippen LogP contribution in [0.1, 0.15) is 47.5 Å². The molecule has 15 nitrogen and oxygen atoms in total. The summed E-state index contributed by atoms with van der Waals surface area (Å²) < 4.78 is 242. The molecule has 0 saturated carbocycles. The average Bonchev–Trinajstić information content (AvgIpc) is 3.91. The zero-order chi connectivity index (χ0) is 60.8. The predicted octanol–water partition coefficient (Wildman–Crippen LogP) is 3.07. The van der Waals surface area contributed by atoms with Crippen molar-refractivity contribution in [1.29, 1.82) is 0 Å². The number of hydrogen-bond donors (Lipinski definition) is 4. The third-order valence-electron chi connectivity index (χ3n) is 4.52. The summed E-state index contributed by atoms with van der Waals surface area (Å²) in [7, 11) is 0. The third kappa shape index (κ3) is 11.9. The van der Waals surface area contributed by atoms with Gasteiger partial charge in [0.1, 0.15) is 5.15 Å². The lowest BCUT2D eigenvalue weighted by Gasteiger charge is -2.36. The summed E-state index contributed by atoms with van der Waals surface area (Å²) in [5.74, 6) is 4.45. The fourth-order valence-corrected chi connectivity index (χ4v) is 2.87. The average molecular weight is 762 g/mol. The zero-order valence-electron chi connectivity index (χ0n) is 53.6. The number of aromatic amines is 1. The van der Waals surface area contributed by atoms with Crippen LogP contribution in [0.4, 0.5) is 10.5 Å². The van der Waals surface area contributed by atoms with E-state index in [1.54, 1.807) is 5.43 Å². The molecule has 1 aliphatic rings. The molecule has 0 bridgehead atoms. The second kappa shape index (κ2) is 19.8. The minimum atomic E-state index is -4.53. The Morgan fingerprint density at radius 3 is 2.33 bits per heavy atom. The number of urea groups is 1. The fourth-order valence-electron chi connectivity index (χ4n) is 2.65. The van der Waals surface area contributed by atoms with E-state index in [0.717, 1.165) is 4.40 Å². The maximum absolute atomic E-state index is 13.2. The van der Waals surface area contributed by atoms with Gasteiger partial charge in [0.15, 0.2) is 11.3 Å². The van der Waals surface area contributed by atoms with Crippen LogP contribution in [0.3, 0.4) is 0 Å². The molecule has 1 fully saturated rings. The van der Waals surface area contributed by atoms with E-state index in [-0.39, 0.29) is 58.0 Å².